The Balaban J connectivity index is 1.36. The molecule has 25 heavy (non-hydrogen) atoms. The highest BCUT2D eigenvalue weighted by Gasteiger charge is 2.22. The number of nitrogens with one attached hydrogen (secondary N) is 1. The Morgan fingerprint density at radius 2 is 2.20 bits per heavy atom. The molecule has 1 N–H and O–H groups in total. The van der Waals surface area contributed by atoms with E-state index in [1.807, 2.05) is 13.0 Å². The van der Waals surface area contributed by atoms with E-state index in [9.17, 15) is 4.79 Å². The molecule has 7 heteroatoms. The molecule has 1 saturated heterocycles. The number of likely N-dealkylation sites (tertiary alicyclic amines) is 1. The zero-order valence-electron chi connectivity index (χ0n) is 14.2. The Labute approximate surface area is 150 Å². The predicted molar refractivity (Wildman–Crippen MR) is 97.8 cm³/mol. The van der Waals surface area contributed by atoms with Crippen LogP contribution in [0.2, 0.25) is 0 Å². The van der Waals surface area contributed by atoms with Crippen LogP contribution in [0.15, 0.2) is 36.0 Å². The molecule has 130 valence electrons. The topological polar surface area (TPSA) is 62.5 Å². The van der Waals surface area contributed by atoms with Crippen molar-refractivity contribution in [3.05, 3.63) is 52.1 Å². The van der Waals surface area contributed by atoms with Crippen molar-refractivity contribution in [2.45, 2.75) is 32.4 Å². The van der Waals surface area contributed by atoms with Crippen molar-refractivity contribution < 1.29 is 4.79 Å². The lowest BCUT2D eigenvalue weighted by atomic mass is 10.0. The second-order valence-electron chi connectivity index (χ2n) is 6.46. The Morgan fingerprint density at radius 3 is 2.96 bits per heavy atom. The minimum Gasteiger partial charge on any atom is -0.349 e. The molecule has 0 aliphatic carbocycles. The largest absolute Gasteiger partial charge is 0.349 e. The first-order valence-corrected chi connectivity index (χ1v) is 9.43. The lowest BCUT2D eigenvalue weighted by Gasteiger charge is -2.32. The first kappa shape index (κ1) is 16.2. The first-order chi connectivity index (χ1) is 12.2. The van der Waals surface area contributed by atoms with Gasteiger partial charge in [0, 0.05) is 42.8 Å². The van der Waals surface area contributed by atoms with E-state index in [4.69, 9.17) is 0 Å². The molecule has 0 unspecified atom stereocenters. The highest BCUT2D eigenvalue weighted by Crippen LogP contribution is 2.17. The van der Waals surface area contributed by atoms with Gasteiger partial charge in [-0.3, -0.25) is 9.69 Å². The number of fused-ring (bicyclic) bond motifs is 1. The van der Waals surface area contributed by atoms with Crippen LogP contribution in [0.5, 0.6) is 0 Å². The molecule has 4 heterocycles. The van der Waals surface area contributed by atoms with E-state index in [1.54, 1.807) is 28.2 Å². The summed E-state index contributed by atoms with van der Waals surface area (Å²) in [4.78, 5) is 20.8. The van der Waals surface area contributed by atoms with E-state index in [2.05, 4.69) is 37.8 Å². The fourth-order valence-electron chi connectivity index (χ4n) is 3.34. The smallest absolute Gasteiger partial charge is 0.254 e. The number of piperidine rings is 1. The maximum absolute atomic E-state index is 12.6. The van der Waals surface area contributed by atoms with Crippen LogP contribution in [0, 0.1) is 6.92 Å². The van der Waals surface area contributed by atoms with E-state index >= 15 is 0 Å². The van der Waals surface area contributed by atoms with Gasteiger partial charge in [-0.25, -0.2) is 9.50 Å². The molecular formula is C18H21N5OS. The second-order valence-corrected chi connectivity index (χ2v) is 7.49. The van der Waals surface area contributed by atoms with Crippen molar-refractivity contribution in [1.29, 1.82) is 0 Å². The molecule has 0 bridgehead atoms. The second kappa shape index (κ2) is 6.93. The SMILES string of the molecule is Cc1c(C(=O)NC2CCN(Cc3cccs3)CC2)cnc2ccnn12. The first-order valence-electron chi connectivity index (χ1n) is 8.55. The van der Waals surface area contributed by atoms with E-state index in [0.29, 0.717) is 5.56 Å². The van der Waals surface area contributed by atoms with Gasteiger partial charge >= 0.3 is 0 Å². The normalized spacial score (nSPS) is 16.4. The van der Waals surface area contributed by atoms with Crippen LogP contribution in [0.1, 0.15) is 33.8 Å². The average Bonchev–Trinajstić information content (AvgIpc) is 3.28. The van der Waals surface area contributed by atoms with Crippen molar-refractivity contribution in [2.75, 3.05) is 13.1 Å². The fourth-order valence-corrected chi connectivity index (χ4v) is 4.08. The molecule has 0 atom stereocenters. The third kappa shape index (κ3) is 3.43. The molecule has 6 nitrogen and oxygen atoms in total. The minimum atomic E-state index is -0.0564. The van der Waals surface area contributed by atoms with Crippen molar-refractivity contribution in [2.24, 2.45) is 0 Å². The van der Waals surface area contributed by atoms with Crippen LogP contribution < -0.4 is 5.32 Å². The molecule has 3 aromatic rings. The number of amides is 1. The Bertz CT molecular complexity index is 865. The summed E-state index contributed by atoms with van der Waals surface area (Å²) in [5.41, 5.74) is 2.18. The van der Waals surface area contributed by atoms with Gasteiger partial charge in [-0.15, -0.1) is 11.3 Å². The maximum atomic E-state index is 12.6. The predicted octanol–water partition coefficient (Wildman–Crippen LogP) is 2.49. The highest BCUT2D eigenvalue weighted by atomic mass is 32.1. The third-order valence-corrected chi connectivity index (χ3v) is 5.64. The van der Waals surface area contributed by atoms with Gasteiger partial charge < -0.3 is 5.32 Å². The van der Waals surface area contributed by atoms with Gasteiger partial charge in [0.25, 0.3) is 5.91 Å². The van der Waals surface area contributed by atoms with E-state index in [1.165, 1.54) is 4.88 Å². The summed E-state index contributed by atoms with van der Waals surface area (Å²) in [6, 6.07) is 6.33. The number of carbonyl (C=O) groups excluding carboxylic acids is 1. The lowest BCUT2D eigenvalue weighted by molar-refractivity contribution is 0.0907. The molecule has 1 aliphatic rings. The molecule has 4 rings (SSSR count). The van der Waals surface area contributed by atoms with Crippen molar-refractivity contribution in [3.8, 4) is 0 Å². The van der Waals surface area contributed by atoms with E-state index in [0.717, 1.165) is 43.8 Å². The Kier molecular flexibility index (Phi) is 4.50. The minimum absolute atomic E-state index is 0.0564. The summed E-state index contributed by atoms with van der Waals surface area (Å²) in [5.74, 6) is -0.0564. The van der Waals surface area contributed by atoms with Crippen LogP contribution in [0.3, 0.4) is 0 Å². The average molecular weight is 355 g/mol. The summed E-state index contributed by atoms with van der Waals surface area (Å²) in [6.45, 7) is 4.94. The van der Waals surface area contributed by atoms with Gasteiger partial charge in [-0.05, 0) is 31.2 Å². The van der Waals surface area contributed by atoms with Gasteiger partial charge in [-0.2, -0.15) is 5.10 Å². The fraction of sp³-hybridized carbons (Fsp3) is 0.389. The summed E-state index contributed by atoms with van der Waals surface area (Å²) in [7, 11) is 0. The molecule has 1 amide bonds. The van der Waals surface area contributed by atoms with Crippen LogP contribution in [0.25, 0.3) is 5.65 Å². The molecule has 0 aromatic carbocycles. The lowest BCUT2D eigenvalue weighted by Crippen LogP contribution is -2.44. The van der Waals surface area contributed by atoms with E-state index in [-0.39, 0.29) is 11.9 Å². The Morgan fingerprint density at radius 1 is 1.36 bits per heavy atom. The zero-order chi connectivity index (χ0) is 17.2. The number of nitrogens with zero attached hydrogens (tertiary/aromatic N) is 4. The molecule has 3 aromatic heterocycles. The van der Waals surface area contributed by atoms with Crippen molar-refractivity contribution in [3.63, 3.8) is 0 Å². The summed E-state index contributed by atoms with van der Waals surface area (Å²) in [5, 5.41) is 9.51. The standard InChI is InChI=1S/C18H21N5OS/c1-13-16(11-19-17-4-7-20-23(13)17)18(24)21-14-5-8-22(9-6-14)12-15-3-2-10-25-15/h2-4,7,10-11,14H,5-6,8-9,12H2,1H3,(H,21,24). The summed E-state index contributed by atoms with van der Waals surface area (Å²) in [6.07, 6.45) is 5.30. The van der Waals surface area contributed by atoms with Gasteiger partial charge in [0.05, 0.1) is 17.5 Å². The van der Waals surface area contributed by atoms with Gasteiger partial charge in [0.1, 0.15) is 0 Å². The van der Waals surface area contributed by atoms with E-state index < -0.39 is 0 Å². The molecule has 1 fully saturated rings. The molecular weight excluding hydrogens is 334 g/mol. The number of rotatable bonds is 4. The van der Waals surface area contributed by atoms with Gasteiger partial charge in [0.2, 0.25) is 0 Å². The zero-order valence-corrected chi connectivity index (χ0v) is 15.0. The monoisotopic (exact) mass is 355 g/mol. The summed E-state index contributed by atoms with van der Waals surface area (Å²) < 4.78 is 1.71. The third-order valence-electron chi connectivity index (χ3n) is 4.78. The number of thiophene rings is 1. The number of hydrogen-bond acceptors (Lipinski definition) is 5. The molecule has 0 spiro atoms. The van der Waals surface area contributed by atoms with Crippen LogP contribution in [-0.2, 0) is 6.54 Å². The van der Waals surface area contributed by atoms with Crippen LogP contribution in [0.4, 0.5) is 0 Å². The van der Waals surface area contributed by atoms with Crippen LogP contribution in [-0.4, -0.2) is 44.5 Å². The van der Waals surface area contributed by atoms with Crippen molar-refractivity contribution in [1.82, 2.24) is 24.8 Å². The summed E-state index contributed by atoms with van der Waals surface area (Å²) >= 11 is 1.80. The van der Waals surface area contributed by atoms with Gasteiger partial charge in [-0.1, -0.05) is 6.07 Å². The molecule has 0 radical (unpaired) electrons. The van der Waals surface area contributed by atoms with Crippen molar-refractivity contribution >= 4 is 22.9 Å². The maximum Gasteiger partial charge on any atom is 0.254 e. The Hall–Kier alpha value is -2.25. The highest BCUT2D eigenvalue weighted by molar-refractivity contribution is 7.09. The number of aromatic nitrogens is 3. The number of carbonyl (C=O) groups is 1. The number of aryl methyl sites for hydroxylation is 1. The molecule has 0 saturated carbocycles. The van der Waals surface area contributed by atoms with Gasteiger partial charge in [0.15, 0.2) is 5.65 Å². The quantitative estimate of drug-likeness (QED) is 0.781. The number of hydrogen-bond donors (Lipinski definition) is 1. The van der Waals surface area contributed by atoms with Crippen LogP contribution >= 0.6 is 11.3 Å². The molecule has 1 aliphatic heterocycles.